The lowest BCUT2D eigenvalue weighted by atomic mass is 10.2. The summed E-state index contributed by atoms with van der Waals surface area (Å²) in [4.78, 5) is 0. The van der Waals surface area contributed by atoms with Crippen LogP contribution in [-0.4, -0.2) is 48.7 Å². The first kappa shape index (κ1) is 19.9. The van der Waals surface area contributed by atoms with Crippen molar-refractivity contribution >= 4 is 30.5 Å². The quantitative estimate of drug-likeness (QED) is 0.413. The van der Waals surface area contributed by atoms with Crippen molar-refractivity contribution in [2.24, 2.45) is 0 Å². The van der Waals surface area contributed by atoms with Gasteiger partial charge in [0.2, 0.25) is 0 Å². The molecule has 0 aliphatic carbocycles. The molecular formula is C14H31O2PS2. The normalized spacial score (nSPS) is 13.8. The van der Waals surface area contributed by atoms with E-state index >= 15 is 0 Å². The molecule has 19 heavy (non-hydrogen) atoms. The van der Waals surface area contributed by atoms with E-state index in [2.05, 4.69) is 54.2 Å². The second-order valence-electron chi connectivity index (χ2n) is 6.75. The van der Waals surface area contributed by atoms with E-state index in [-0.39, 0.29) is 10.3 Å². The highest BCUT2D eigenvalue weighted by molar-refractivity contribution is 8.16. The first-order chi connectivity index (χ1) is 8.56. The monoisotopic (exact) mass is 326 g/mol. The average Bonchev–Trinajstić information content (AvgIpc) is 2.24. The smallest absolute Gasteiger partial charge is 0.0700 e. The number of ether oxygens (including phenoxy) is 2. The van der Waals surface area contributed by atoms with Crippen molar-refractivity contribution in [2.75, 3.05) is 38.3 Å². The third kappa shape index (κ3) is 6.48. The van der Waals surface area contributed by atoms with Gasteiger partial charge in [0.15, 0.2) is 0 Å². The highest BCUT2D eigenvalue weighted by Gasteiger charge is 2.40. The Morgan fingerprint density at radius 2 is 1.26 bits per heavy atom. The van der Waals surface area contributed by atoms with E-state index < -0.39 is 6.04 Å². The average molecular weight is 327 g/mol. The molecule has 0 fully saturated rings. The molecule has 0 unspecified atom stereocenters. The van der Waals surface area contributed by atoms with E-state index in [1.165, 1.54) is 0 Å². The van der Waals surface area contributed by atoms with Gasteiger partial charge in [0.05, 0.1) is 26.4 Å². The van der Waals surface area contributed by atoms with Crippen molar-refractivity contribution in [3.05, 3.63) is 0 Å². The van der Waals surface area contributed by atoms with Crippen LogP contribution in [0.2, 0.25) is 0 Å². The lowest BCUT2D eigenvalue weighted by molar-refractivity contribution is 0.0601. The van der Waals surface area contributed by atoms with Gasteiger partial charge in [-0.25, -0.2) is 0 Å². The van der Waals surface area contributed by atoms with Crippen molar-refractivity contribution < 1.29 is 9.47 Å². The van der Waals surface area contributed by atoms with Crippen LogP contribution in [0.25, 0.3) is 0 Å². The van der Waals surface area contributed by atoms with Crippen LogP contribution < -0.4 is 0 Å². The van der Waals surface area contributed by atoms with Crippen LogP contribution in [0.1, 0.15) is 41.5 Å². The van der Waals surface area contributed by atoms with Crippen LogP contribution in [0.5, 0.6) is 0 Å². The summed E-state index contributed by atoms with van der Waals surface area (Å²) in [6, 6.07) is -1.49. The lowest BCUT2D eigenvalue weighted by Gasteiger charge is -2.45. The molecule has 0 bridgehead atoms. The molecule has 0 aromatic rings. The maximum Gasteiger partial charge on any atom is 0.0700 e. The van der Waals surface area contributed by atoms with Crippen molar-refractivity contribution in [2.45, 2.75) is 51.9 Å². The molecule has 116 valence electrons. The fourth-order valence-corrected chi connectivity index (χ4v) is 6.35. The molecule has 5 heteroatoms. The molecule has 0 saturated heterocycles. The van der Waals surface area contributed by atoms with Gasteiger partial charge in [-0.2, -0.15) is 12.6 Å². The van der Waals surface area contributed by atoms with Gasteiger partial charge in [-0.15, -0.1) is 0 Å². The van der Waals surface area contributed by atoms with E-state index in [1.807, 2.05) is 0 Å². The van der Waals surface area contributed by atoms with E-state index in [0.29, 0.717) is 19.8 Å². The van der Waals surface area contributed by atoms with Crippen LogP contribution in [0, 0.1) is 0 Å². The minimum absolute atomic E-state index is 0.187. The zero-order valence-electron chi connectivity index (χ0n) is 13.4. The number of hydrogen-bond donors (Lipinski definition) is 1. The van der Waals surface area contributed by atoms with Gasteiger partial charge in [-0.3, -0.25) is 0 Å². The predicted octanol–water partition coefficient (Wildman–Crippen LogP) is 4.03. The summed E-state index contributed by atoms with van der Waals surface area (Å²) < 4.78 is 11.0. The highest BCUT2D eigenvalue weighted by atomic mass is 32.4. The molecule has 0 amide bonds. The summed E-state index contributed by atoms with van der Waals surface area (Å²) in [5, 5.41) is 0.374. The summed E-state index contributed by atoms with van der Waals surface area (Å²) in [7, 11) is 0. The zero-order chi connectivity index (χ0) is 15.2. The van der Waals surface area contributed by atoms with Crippen LogP contribution in [0.15, 0.2) is 0 Å². The predicted molar refractivity (Wildman–Crippen MR) is 94.1 cm³/mol. The Hall–Kier alpha value is 0.920. The number of thiol groups is 1. The molecule has 0 spiro atoms. The van der Waals surface area contributed by atoms with Crippen molar-refractivity contribution in [1.82, 2.24) is 0 Å². The van der Waals surface area contributed by atoms with Crippen LogP contribution >= 0.6 is 18.7 Å². The molecule has 0 aromatic carbocycles. The molecule has 0 N–H and O–H groups in total. The molecular weight excluding hydrogens is 295 g/mol. The van der Waals surface area contributed by atoms with Gasteiger partial charge in [-0.05, 0) is 16.3 Å². The van der Waals surface area contributed by atoms with E-state index in [1.54, 1.807) is 0 Å². The van der Waals surface area contributed by atoms with Crippen LogP contribution in [0.3, 0.4) is 0 Å². The summed E-state index contributed by atoms with van der Waals surface area (Å²) in [6.45, 7) is 16.4. The minimum atomic E-state index is -1.49. The second-order valence-corrected chi connectivity index (χ2v) is 13.7. The minimum Gasteiger partial charge on any atom is -0.379 e. The topological polar surface area (TPSA) is 18.5 Å². The Bertz CT molecular complexity index is 275. The van der Waals surface area contributed by atoms with Crippen molar-refractivity contribution in [3.8, 4) is 0 Å². The fraction of sp³-hybridized carbons (Fsp3) is 1.00. The molecule has 0 radical (unpaired) electrons. The van der Waals surface area contributed by atoms with Gasteiger partial charge < -0.3 is 9.47 Å². The van der Waals surface area contributed by atoms with E-state index in [9.17, 15) is 0 Å². The molecule has 2 nitrogen and oxygen atoms in total. The number of hydrogen-bond acceptors (Lipinski definition) is 4. The summed E-state index contributed by atoms with van der Waals surface area (Å²) in [6.07, 6.45) is 1.00. The highest BCUT2D eigenvalue weighted by Crippen LogP contribution is 2.66. The molecule has 0 aliphatic heterocycles. The Kier molecular flexibility index (Phi) is 8.79. The maximum atomic E-state index is 6.09. The Balaban J connectivity index is 4.22. The third-order valence-corrected chi connectivity index (χ3v) is 12.5. The molecule has 0 heterocycles. The SMILES string of the molecule is CC(C)(C)P(=S)(CCOCCOCCS)C(C)(C)C. The van der Waals surface area contributed by atoms with E-state index in [4.69, 9.17) is 21.3 Å². The number of rotatable bonds is 8. The van der Waals surface area contributed by atoms with Gasteiger partial charge in [0.1, 0.15) is 0 Å². The van der Waals surface area contributed by atoms with Gasteiger partial charge in [0, 0.05) is 11.9 Å². The lowest BCUT2D eigenvalue weighted by Crippen LogP contribution is -2.31. The molecule has 0 aromatic heterocycles. The second kappa shape index (κ2) is 8.38. The Labute approximate surface area is 130 Å². The maximum absolute atomic E-state index is 6.09. The summed E-state index contributed by atoms with van der Waals surface area (Å²) >= 11 is 10.2. The summed E-state index contributed by atoms with van der Waals surface area (Å²) in [5.41, 5.74) is 0. The first-order valence-corrected chi connectivity index (χ1v) is 10.5. The molecule has 0 atom stereocenters. The van der Waals surface area contributed by atoms with Crippen molar-refractivity contribution in [3.63, 3.8) is 0 Å². The van der Waals surface area contributed by atoms with Crippen molar-refractivity contribution in [1.29, 1.82) is 0 Å². The van der Waals surface area contributed by atoms with Gasteiger partial charge in [0.25, 0.3) is 0 Å². The fourth-order valence-electron chi connectivity index (χ4n) is 2.26. The molecule has 0 rings (SSSR count). The van der Waals surface area contributed by atoms with Gasteiger partial charge in [-0.1, -0.05) is 53.3 Å². The molecule has 0 saturated carbocycles. The standard InChI is InChI=1S/C14H31O2PS2/c1-13(2,3)17(19,14(4,5)6)11-9-15-7-8-16-10-12-18/h18H,7-12H2,1-6H3. The Morgan fingerprint density at radius 3 is 1.63 bits per heavy atom. The Morgan fingerprint density at radius 1 is 0.842 bits per heavy atom. The zero-order valence-corrected chi connectivity index (χ0v) is 16.0. The van der Waals surface area contributed by atoms with E-state index in [0.717, 1.165) is 18.5 Å². The van der Waals surface area contributed by atoms with Crippen LogP contribution in [-0.2, 0) is 21.3 Å². The molecule has 0 aliphatic rings. The third-order valence-electron chi connectivity index (χ3n) is 3.33. The van der Waals surface area contributed by atoms with Gasteiger partial charge >= 0.3 is 0 Å². The first-order valence-electron chi connectivity index (χ1n) is 6.92. The largest absolute Gasteiger partial charge is 0.379 e. The summed E-state index contributed by atoms with van der Waals surface area (Å²) in [5.74, 6) is 0.759. The van der Waals surface area contributed by atoms with Crippen LogP contribution in [0.4, 0.5) is 0 Å².